The number of aliphatic hydroxyl groups excluding tert-OH is 1. The molecular formula is C16H10F6O3. The van der Waals surface area contributed by atoms with Crippen LogP contribution >= 0.6 is 0 Å². The molecule has 2 aromatic carbocycles. The SMILES string of the molecule is O=C(O)C(O)c1ccc(C(F)(F)F)cc1-c1ccccc1C(F)(F)F. The van der Waals surface area contributed by atoms with Crippen molar-refractivity contribution in [3.63, 3.8) is 0 Å². The molecule has 2 rings (SSSR count). The van der Waals surface area contributed by atoms with Gasteiger partial charge in [-0.05, 0) is 34.9 Å². The third-order valence-corrected chi connectivity index (χ3v) is 3.43. The van der Waals surface area contributed by atoms with Gasteiger partial charge < -0.3 is 10.2 Å². The molecule has 0 saturated heterocycles. The molecule has 0 aliphatic rings. The maximum Gasteiger partial charge on any atom is 0.417 e. The first-order chi connectivity index (χ1) is 11.4. The van der Waals surface area contributed by atoms with Crippen LogP contribution in [0.1, 0.15) is 22.8 Å². The van der Waals surface area contributed by atoms with E-state index in [0.717, 1.165) is 12.1 Å². The number of halogens is 6. The second-order valence-electron chi connectivity index (χ2n) is 5.08. The van der Waals surface area contributed by atoms with Crippen LogP contribution < -0.4 is 0 Å². The summed E-state index contributed by atoms with van der Waals surface area (Å²) in [6.45, 7) is 0. The molecule has 1 atom stereocenters. The van der Waals surface area contributed by atoms with Gasteiger partial charge in [-0.1, -0.05) is 24.3 Å². The Morgan fingerprint density at radius 3 is 2.00 bits per heavy atom. The minimum Gasteiger partial charge on any atom is -0.479 e. The summed E-state index contributed by atoms with van der Waals surface area (Å²) in [6, 6.07) is 5.34. The van der Waals surface area contributed by atoms with E-state index in [0.29, 0.717) is 24.3 Å². The molecule has 9 heteroatoms. The van der Waals surface area contributed by atoms with Gasteiger partial charge in [-0.15, -0.1) is 0 Å². The van der Waals surface area contributed by atoms with Gasteiger partial charge >= 0.3 is 18.3 Å². The monoisotopic (exact) mass is 364 g/mol. The van der Waals surface area contributed by atoms with Crippen molar-refractivity contribution in [1.29, 1.82) is 0 Å². The van der Waals surface area contributed by atoms with Gasteiger partial charge in [-0.25, -0.2) is 4.79 Å². The van der Waals surface area contributed by atoms with Crippen molar-refractivity contribution in [2.45, 2.75) is 18.5 Å². The number of carbonyl (C=O) groups is 1. The zero-order valence-corrected chi connectivity index (χ0v) is 12.2. The van der Waals surface area contributed by atoms with E-state index in [1.807, 2.05) is 0 Å². The molecule has 134 valence electrons. The number of hydrogen-bond acceptors (Lipinski definition) is 2. The Morgan fingerprint density at radius 1 is 0.880 bits per heavy atom. The molecular weight excluding hydrogens is 354 g/mol. The molecule has 0 radical (unpaired) electrons. The number of aliphatic carboxylic acids is 1. The van der Waals surface area contributed by atoms with Crippen molar-refractivity contribution in [3.8, 4) is 11.1 Å². The maximum absolute atomic E-state index is 13.2. The van der Waals surface area contributed by atoms with Crippen LogP contribution in [0.15, 0.2) is 42.5 Å². The molecule has 2 aromatic rings. The number of hydrogen-bond donors (Lipinski definition) is 2. The molecule has 0 amide bonds. The van der Waals surface area contributed by atoms with Gasteiger partial charge in [0.05, 0.1) is 11.1 Å². The van der Waals surface area contributed by atoms with Gasteiger partial charge in [0.1, 0.15) is 0 Å². The van der Waals surface area contributed by atoms with Gasteiger partial charge in [0.25, 0.3) is 0 Å². The van der Waals surface area contributed by atoms with Crippen LogP contribution in [0, 0.1) is 0 Å². The molecule has 0 aliphatic carbocycles. The Labute approximate surface area is 137 Å². The third-order valence-electron chi connectivity index (χ3n) is 3.43. The fourth-order valence-corrected chi connectivity index (χ4v) is 2.30. The van der Waals surface area contributed by atoms with E-state index in [-0.39, 0.29) is 0 Å². The van der Waals surface area contributed by atoms with Crippen LogP contribution in [-0.2, 0) is 17.1 Å². The average Bonchev–Trinajstić information content (AvgIpc) is 2.51. The van der Waals surface area contributed by atoms with Gasteiger partial charge in [-0.2, -0.15) is 26.3 Å². The molecule has 2 N–H and O–H groups in total. The van der Waals surface area contributed by atoms with Crippen LogP contribution in [0.5, 0.6) is 0 Å². The van der Waals surface area contributed by atoms with E-state index in [1.165, 1.54) is 6.07 Å². The Bertz CT molecular complexity index is 795. The van der Waals surface area contributed by atoms with Gasteiger partial charge in [0.2, 0.25) is 0 Å². The summed E-state index contributed by atoms with van der Waals surface area (Å²) in [4.78, 5) is 11.0. The van der Waals surface area contributed by atoms with Crippen molar-refractivity contribution in [2.24, 2.45) is 0 Å². The summed E-state index contributed by atoms with van der Waals surface area (Å²) in [5.74, 6) is -1.80. The number of carboxylic acid groups (broad SMARTS) is 1. The van der Waals surface area contributed by atoms with E-state index in [2.05, 4.69) is 0 Å². The lowest BCUT2D eigenvalue weighted by Gasteiger charge is -2.19. The topological polar surface area (TPSA) is 57.5 Å². The molecule has 0 saturated carbocycles. The van der Waals surface area contributed by atoms with Crippen LogP contribution in [0.25, 0.3) is 11.1 Å². The molecule has 0 heterocycles. The van der Waals surface area contributed by atoms with E-state index in [1.54, 1.807) is 0 Å². The average molecular weight is 364 g/mol. The van der Waals surface area contributed by atoms with Crippen molar-refractivity contribution in [1.82, 2.24) is 0 Å². The zero-order valence-electron chi connectivity index (χ0n) is 12.2. The quantitative estimate of drug-likeness (QED) is 0.788. The molecule has 0 spiro atoms. The molecule has 0 aromatic heterocycles. The van der Waals surface area contributed by atoms with E-state index in [4.69, 9.17) is 5.11 Å². The first-order valence-electron chi connectivity index (χ1n) is 6.71. The van der Waals surface area contributed by atoms with Gasteiger partial charge in [0, 0.05) is 0 Å². The minimum absolute atomic E-state index is 0.395. The first kappa shape index (κ1) is 18.8. The Hall–Kier alpha value is -2.55. The second kappa shape index (κ2) is 6.40. The number of alkyl halides is 6. The fraction of sp³-hybridized carbons (Fsp3) is 0.188. The Kier molecular flexibility index (Phi) is 4.81. The third kappa shape index (κ3) is 3.93. The van der Waals surface area contributed by atoms with E-state index >= 15 is 0 Å². The van der Waals surface area contributed by atoms with Crippen LogP contribution in [0.2, 0.25) is 0 Å². The lowest BCUT2D eigenvalue weighted by molar-refractivity contribution is -0.146. The molecule has 0 aliphatic heterocycles. The van der Waals surface area contributed by atoms with Crippen LogP contribution in [0.4, 0.5) is 26.3 Å². The summed E-state index contributed by atoms with van der Waals surface area (Å²) in [6.07, 6.45) is -12.0. The lowest BCUT2D eigenvalue weighted by atomic mass is 9.91. The standard InChI is InChI=1S/C16H10F6O3/c17-15(18,19)8-5-6-10(13(23)14(24)25)11(7-8)9-3-1-2-4-12(9)16(20,21)22/h1-7,13,23H,(H,24,25). The predicted octanol–water partition coefficient (Wildman–Crippen LogP) is 4.51. The predicted molar refractivity (Wildman–Crippen MR) is 74.5 cm³/mol. The summed E-state index contributed by atoms with van der Waals surface area (Å²) >= 11 is 0. The van der Waals surface area contributed by atoms with Crippen LogP contribution in [0.3, 0.4) is 0 Å². The van der Waals surface area contributed by atoms with Crippen molar-refractivity contribution < 1.29 is 41.4 Å². The highest BCUT2D eigenvalue weighted by Gasteiger charge is 2.36. The first-order valence-corrected chi connectivity index (χ1v) is 6.71. The Balaban J connectivity index is 2.81. The van der Waals surface area contributed by atoms with E-state index < -0.39 is 52.2 Å². The zero-order chi connectivity index (χ0) is 19.0. The highest BCUT2D eigenvalue weighted by atomic mass is 19.4. The molecule has 25 heavy (non-hydrogen) atoms. The normalized spacial score (nSPS) is 13.6. The smallest absolute Gasteiger partial charge is 0.417 e. The number of rotatable bonds is 3. The number of carboxylic acids is 1. The van der Waals surface area contributed by atoms with Gasteiger partial charge in [-0.3, -0.25) is 0 Å². The second-order valence-corrected chi connectivity index (χ2v) is 5.08. The summed E-state index contributed by atoms with van der Waals surface area (Å²) in [7, 11) is 0. The molecule has 0 bridgehead atoms. The highest BCUT2D eigenvalue weighted by molar-refractivity contribution is 5.81. The number of aliphatic hydroxyl groups is 1. The molecule has 1 unspecified atom stereocenters. The Morgan fingerprint density at radius 2 is 1.48 bits per heavy atom. The fourth-order valence-electron chi connectivity index (χ4n) is 2.30. The maximum atomic E-state index is 13.2. The van der Waals surface area contributed by atoms with Crippen molar-refractivity contribution >= 4 is 5.97 Å². The lowest BCUT2D eigenvalue weighted by Crippen LogP contribution is -2.15. The van der Waals surface area contributed by atoms with Crippen molar-refractivity contribution in [3.05, 3.63) is 59.2 Å². The highest BCUT2D eigenvalue weighted by Crippen LogP contribution is 2.41. The number of benzene rings is 2. The summed E-state index contributed by atoms with van der Waals surface area (Å²) in [5.41, 5.74) is -4.39. The molecule has 3 nitrogen and oxygen atoms in total. The van der Waals surface area contributed by atoms with Crippen molar-refractivity contribution in [2.75, 3.05) is 0 Å². The van der Waals surface area contributed by atoms with Gasteiger partial charge in [0.15, 0.2) is 6.10 Å². The summed E-state index contributed by atoms with van der Waals surface area (Å²) < 4.78 is 78.2. The summed E-state index contributed by atoms with van der Waals surface area (Å²) in [5, 5.41) is 18.5. The molecule has 0 fully saturated rings. The van der Waals surface area contributed by atoms with Crippen LogP contribution in [-0.4, -0.2) is 16.2 Å². The largest absolute Gasteiger partial charge is 0.479 e. The van der Waals surface area contributed by atoms with E-state index in [9.17, 15) is 36.2 Å². The minimum atomic E-state index is -4.88.